The van der Waals surface area contributed by atoms with Gasteiger partial charge in [0, 0.05) is 17.1 Å². The molecule has 0 bridgehead atoms. The molecule has 0 radical (unpaired) electrons. The van der Waals surface area contributed by atoms with Gasteiger partial charge >= 0.3 is 0 Å². The first-order valence-electron chi connectivity index (χ1n) is 5.26. The minimum atomic E-state index is -0.203. The molecule has 0 saturated heterocycles. The molecule has 0 aliphatic carbocycles. The van der Waals surface area contributed by atoms with Crippen LogP contribution in [0.25, 0.3) is 0 Å². The summed E-state index contributed by atoms with van der Waals surface area (Å²) in [6, 6.07) is 8.97. The number of carbonyl (C=O) groups excluding carboxylic acids is 1. The lowest BCUT2D eigenvalue weighted by molar-refractivity contribution is 0.102. The van der Waals surface area contributed by atoms with Gasteiger partial charge < -0.3 is 5.32 Å². The Morgan fingerprint density at radius 3 is 2.61 bits per heavy atom. The number of benzene rings is 1. The molecule has 92 valence electrons. The molecule has 1 N–H and O–H groups in total. The van der Waals surface area contributed by atoms with E-state index in [2.05, 4.69) is 26.2 Å². The van der Waals surface area contributed by atoms with Crippen molar-refractivity contribution in [3.05, 3.63) is 58.9 Å². The molecule has 1 aromatic carbocycles. The van der Waals surface area contributed by atoms with Crippen LogP contribution in [-0.2, 0) is 5.33 Å². The molecule has 1 aromatic heterocycles. The number of amides is 1. The summed E-state index contributed by atoms with van der Waals surface area (Å²) in [6.45, 7) is 0. The van der Waals surface area contributed by atoms with Crippen LogP contribution in [0.5, 0.6) is 0 Å². The lowest BCUT2D eigenvalue weighted by Gasteiger charge is -2.06. The summed E-state index contributed by atoms with van der Waals surface area (Å²) in [4.78, 5) is 15.9. The van der Waals surface area contributed by atoms with E-state index in [9.17, 15) is 4.79 Å². The van der Waals surface area contributed by atoms with Crippen molar-refractivity contribution in [2.24, 2.45) is 0 Å². The molecule has 3 nitrogen and oxygen atoms in total. The second-order valence-corrected chi connectivity index (χ2v) is 4.61. The maximum atomic E-state index is 12.0. The molecule has 1 heterocycles. The maximum absolute atomic E-state index is 12.0. The van der Waals surface area contributed by atoms with Crippen LogP contribution in [0.15, 0.2) is 42.7 Å². The number of hydrogen-bond acceptors (Lipinski definition) is 2. The van der Waals surface area contributed by atoms with Crippen molar-refractivity contribution in [2.45, 2.75) is 5.33 Å². The quantitative estimate of drug-likeness (QED) is 0.870. The highest BCUT2D eigenvalue weighted by molar-refractivity contribution is 9.08. The van der Waals surface area contributed by atoms with E-state index in [4.69, 9.17) is 11.6 Å². The van der Waals surface area contributed by atoms with Crippen LogP contribution in [0.3, 0.4) is 0 Å². The van der Waals surface area contributed by atoms with Crippen LogP contribution in [0.4, 0.5) is 5.69 Å². The Morgan fingerprint density at radius 2 is 2.00 bits per heavy atom. The summed E-state index contributed by atoms with van der Waals surface area (Å²) in [6.07, 6.45) is 3.09. The van der Waals surface area contributed by atoms with E-state index in [1.165, 1.54) is 6.20 Å². The fraction of sp³-hybridized carbons (Fsp3) is 0.0769. The Hall–Kier alpha value is -1.39. The third-order valence-corrected chi connectivity index (χ3v) is 3.36. The number of anilines is 1. The fourth-order valence-corrected chi connectivity index (χ4v) is 1.94. The Kier molecular flexibility index (Phi) is 4.33. The van der Waals surface area contributed by atoms with Gasteiger partial charge in [-0.3, -0.25) is 9.78 Å². The molecule has 0 saturated carbocycles. The third kappa shape index (κ3) is 3.09. The summed E-state index contributed by atoms with van der Waals surface area (Å²) < 4.78 is 0. The summed E-state index contributed by atoms with van der Waals surface area (Å²) in [5.41, 5.74) is 2.21. The van der Waals surface area contributed by atoms with Crippen LogP contribution in [0.2, 0.25) is 5.02 Å². The van der Waals surface area contributed by atoms with E-state index < -0.39 is 0 Å². The Balaban J connectivity index is 2.14. The molecule has 0 unspecified atom stereocenters. The lowest BCUT2D eigenvalue weighted by atomic mass is 10.1. The van der Waals surface area contributed by atoms with Gasteiger partial charge in [0.25, 0.3) is 5.91 Å². The summed E-state index contributed by atoms with van der Waals surface area (Å²) in [5, 5.41) is 3.95. The van der Waals surface area contributed by atoms with Crippen LogP contribution >= 0.6 is 27.5 Å². The Morgan fingerprint density at radius 1 is 1.28 bits per heavy atom. The molecule has 2 rings (SSSR count). The number of aromatic nitrogens is 1. The van der Waals surface area contributed by atoms with E-state index in [1.807, 2.05) is 12.1 Å². The highest BCUT2D eigenvalue weighted by atomic mass is 79.9. The van der Waals surface area contributed by atoms with Gasteiger partial charge in [-0.1, -0.05) is 39.7 Å². The number of halogens is 2. The number of carbonyl (C=O) groups is 1. The number of alkyl halides is 1. The van der Waals surface area contributed by atoms with Crippen LogP contribution in [-0.4, -0.2) is 10.9 Å². The van der Waals surface area contributed by atoms with Gasteiger partial charge in [-0.25, -0.2) is 0 Å². The van der Waals surface area contributed by atoms with Crippen molar-refractivity contribution in [1.29, 1.82) is 0 Å². The van der Waals surface area contributed by atoms with Crippen molar-refractivity contribution >= 4 is 39.1 Å². The first-order valence-corrected chi connectivity index (χ1v) is 6.76. The standard InChI is InChI=1S/C13H10BrClN2O/c14-7-9-1-3-10(4-2-9)13(18)17-12-8-16-6-5-11(12)15/h1-6,8H,7H2,(H,17,18). The molecule has 0 aliphatic rings. The average Bonchev–Trinajstić information content (AvgIpc) is 2.41. The van der Waals surface area contributed by atoms with Gasteiger partial charge in [0.1, 0.15) is 0 Å². The zero-order chi connectivity index (χ0) is 13.0. The van der Waals surface area contributed by atoms with Crippen LogP contribution < -0.4 is 5.32 Å². The smallest absolute Gasteiger partial charge is 0.255 e. The average molecular weight is 326 g/mol. The molecule has 2 aromatic rings. The molecule has 0 atom stereocenters. The zero-order valence-electron chi connectivity index (χ0n) is 9.36. The molecular weight excluding hydrogens is 316 g/mol. The molecule has 5 heteroatoms. The van der Waals surface area contributed by atoms with Gasteiger partial charge in [0.15, 0.2) is 0 Å². The SMILES string of the molecule is O=C(Nc1cnccc1Cl)c1ccc(CBr)cc1. The topological polar surface area (TPSA) is 42.0 Å². The van der Waals surface area contributed by atoms with Gasteiger partial charge in [0.2, 0.25) is 0 Å². The van der Waals surface area contributed by atoms with Crippen molar-refractivity contribution in [3.8, 4) is 0 Å². The fourth-order valence-electron chi connectivity index (χ4n) is 1.41. The van der Waals surface area contributed by atoms with Crippen molar-refractivity contribution in [1.82, 2.24) is 4.98 Å². The first kappa shape index (κ1) is 13.1. The van der Waals surface area contributed by atoms with Crippen molar-refractivity contribution < 1.29 is 4.79 Å². The van der Waals surface area contributed by atoms with Crippen molar-refractivity contribution in [2.75, 3.05) is 5.32 Å². The molecule has 1 amide bonds. The number of nitrogens with zero attached hydrogens (tertiary/aromatic N) is 1. The lowest BCUT2D eigenvalue weighted by Crippen LogP contribution is -2.12. The number of nitrogens with one attached hydrogen (secondary N) is 1. The highest BCUT2D eigenvalue weighted by Gasteiger charge is 2.08. The number of rotatable bonds is 3. The summed E-state index contributed by atoms with van der Waals surface area (Å²) in [7, 11) is 0. The monoisotopic (exact) mass is 324 g/mol. The van der Waals surface area contributed by atoms with Crippen molar-refractivity contribution in [3.63, 3.8) is 0 Å². The van der Waals surface area contributed by atoms with Gasteiger partial charge in [-0.05, 0) is 23.8 Å². The predicted octanol–water partition coefficient (Wildman–Crippen LogP) is 3.88. The maximum Gasteiger partial charge on any atom is 0.255 e. The first-order chi connectivity index (χ1) is 8.70. The summed E-state index contributed by atoms with van der Waals surface area (Å²) >= 11 is 9.30. The Labute approximate surface area is 118 Å². The van der Waals surface area contributed by atoms with Gasteiger partial charge in [-0.15, -0.1) is 0 Å². The minimum absolute atomic E-state index is 0.203. The van der Waals surface area contributed by atoms with E-state index in [-0.39, 0.29) is 5.91 Å². The van der Waals surface area contributed by atoms with Crippen LogP contribution in [0.1, 0.15) is 15.9 Å². The van der Waals surface area contributed by atoms with E-state index in [0.717, 1.165) is 10.9 Å². The van der Waals surface area contributed by atoms with Gasteiger partial charge in [-0.2, -0.15) is 0 Å². The normalized spacial score (nSPS) is 10.1. The van der Waals surface area contributed by atoms with E-state index in [0.29, 0.717) is 16.3 Å². The molecule has 18 heavy (non-hydrogen) atoms. The Bertz CT molecular complexity index is 557. The van der Waals surface area contributed by atoms with E-state index >= 15 is 0 Å². The third-order valence-electron chi connectivity index (χ3n) is 2.39. The van der Waals surface area contributed by atoms with E-state index in [1.54, 1.807) is 24.4 Å². The molecule has 0 aliphatic heterocycles. The second kappa shape index (κ2) is 5.98. The predicted molar refractivity (Wildman–Crippen MR) is 76.3 cm³/mol. The second-order valence-electron chi connectivity index (χ2n) is 3.64. The minimum Gasteiger partial charge on any atom is -0.319 e. The number of pyridine rings is 1. The molecular formula is C13H10BrClN2O. The summed E-state index contributed by atoms with van der Waals surface area (Å²) in [5.74, 6) is -0.203. The van der Waals surface area contributed by atoms with Gasteiger partial charge in [0.05, 0.1) is 16.9 Å². The largest absolute Gasteiger partial charge is 0.319 e. The highest BCUT2D eigenvalue weighted by Crippen LogP contribution is 2.20. The number of hydrogen-bond donors (Lipinski definition) is 1. The molecule has 0 spiro atoms. The molecule has 0 fully saturated rings. The van der Waals surface area contributed by atoms with Crippen LogP contribution in [0, 0.1) is 0 Å². The zero-order valence-corrected chi connectivity index (χ0v) is 11.7.